The van der Waals surface area contributed by atoms with E-state index in [0.717, 1.165) is 32.2 Å². The largest absolute Gasteiger partial charge is 0.350 e. The molecule has 1 amide bonds. The number of carbonyl (C=O) groups excluding carboxylic acids is 1. The van der Waals surface area contributed by atoms with Gasteiger partial charge in [0.25, 0.3) is 5.91 Å². The molecule has 1 fully saturated rings. The summed E-state index contributed by atoms with van der Waals surface area (Å²) in [7, 11) is -3.57. The first-order valence-corrected chi connectivity index (χ1v) is 10.5. The standard InChI is InChI=1S/C15H25N3O3S2.ClH/c1-2-7-16-8-9-17-15(19)14-13(6-12-22-14)23(20,21)18-10-4-3-5-11-18;/h6,12,16H,2-5,7-11H2,1H3,(H,17,19);1H. The number of piperidine rings is 1. The normalized spacial score (nSPS) is 15.7. The summed E-state index contributed by atoms with van der Waals surface area (Å²) in [5, 5.41) is 7.65. The van der Waals surface area contributed by atoms with Gasteiger partial charge in [-0.2, -0.15) is 4.31 Å². The fourth-order valence-corrected chi connectivity index (χ4v) is 5.39. The average Bonchev–Trinajstić information content (AvgIpc) is 3.06. The minimum Gasteiger partial charge on any atom is -0.350 e. The Kier molecular flexibility index (Phi) is 9.22. The van der Waals surface area contributed by atoms with Crippen molar-refractivity contribution in [2.45, 2.75) is 37.5 Å². The van der Waals surface area contributed by atoms with Gasteiger partial charge in [0.05, 0.1) is 0 Å². The zero-order chi connectivity index (χ0) is 16.7. The molecule has 0 unspecified atom stereocenters. The first-order valence-electron chi connectivity index (χ1n) is 8.14. The van der Waals surface area contributed by atoms with Gasteiger partial charge in [-0.05, 0) is 37.3 Å². The molecule has 0 aromatic carbocycles. The van der Waals surface area contributed by atoms with Crippen molar-refractivity contribution in [2.24, 2.45) is 0 Å². The average molecular weight is 396 g/mol. The molecule has 2 heterocycles. The van der Waals surface area contributed by atoms with Gasteiger partial charge in [-0.1, -0.05) is 13.3 Å². The van der Waals surface area contributed by atoms with E-state index in [1.165, 1.54) is 15.6 Å². The Hall–Kier alpha value is -0.670. The third kappa shape index (κ3) is 5.42. The minimum atomic E-state index is -3.57. The van der Waals surface area contributed by atoms with Crippen LogP contribution in [0.2, 0.25) is 0 Å². The molecule has 0 saturated carbocycles. The predicted molar refractivity (Wildman–Crippen MR) is 99.7 cm³/mol. The van der Waals surface area contributed by atoms with E-state index in [9.17, 15) is 13.2 Å². The quantitative estimate of drug-likeness (QED) is 0.660. The Morgan fingerprint density at radius 3 is 2.58 bits per heavy atom. The molecule has 0 radical (unpaired) electrons. The predicted octanol–water partition coefficient (Wildman–Crippen LogP) is 2.07. The summed E-state index contributed by atoms with van der Waals surface area (Å²) in [4.78, 5) is 12.7. The first kappa shape index (κ1) is 21.4. The second-order valence-corrected chi connectivity index (χ2v) is 8.41. The van der Waals surface area contributed by atoms with Gasteiger partial charge >= 0.3 is 0 Å². The van der Waals surface area contributed by atoms with E-state index in [1.54, 1.807) is 11.4 Å². The summed E-state index contributed by atoms with van der Waals surface area (Å²) >= 11 is 1.18. The van der Waals surface area contributed by atoms with Crippen LogP contribution < -0.4 is 10.6 Å². The molecule has 0 aliphatic carbocycles. The maximum Gasteiger partial charge on any atom is 0.262 e. The minimum absolute atomic E-state index is 0. The third-order valence-corrected chi connectivity index (χ3v) is 6.77. The molecule has 0 atom stereocenters. The molecule has 2 N–H and O–H groups in total. The molecule has 1 aromatic heterocycles. The first-order chi connectivity index (χ1) is 11.1. The van der Waals surface area contributed by atoms with Crippen LogP contribution in [0, 0.1) is 0 Å². The lowest BCUT2D eigenvalue weighted by molar-refractivity contribution is 0.0955. The lowest BCUT2D eigenvalue weighted by Crippen LogP contribution is -2.37. The third-order valence-electron chi connectivity index (χ3n) is 3.78. The number of rotatable bonds is 8. The van der Waals surface area contributed by atoms with Crippen molar-refractivity contribution >= 4 is 39.7 Å². The fraction of sp³-hybridized carbons (Fsp3) is 0.667. The maximum absolute atomic E-state index is 12.7. The number of thiophene rings is 1. The van der Waals surface area contributed by atoms with Crippen LogP contribution in [0.3, 0.4) is 0 Å². The van der Waals surface area contributed by atoms with E-state index in [2.05, 4.69) is 17.6 Å². The molecule has 1 saturated heterocycles. The van der Waals surface area contributed by atoms with Gasteiger partial charge in [0, 0.05) is 26.2 Å². The topological polar surface area (TPSA) is 78.5 Å². The molecule has 1 aromatic rings. The monoisotopic (exact) mass is 395 g/mol. The Bertz CT molecular complexity index is 613. The van der Waals surface area contributed by atoms with E-state index in [0.29, 0.717) is 26.2 Å². The van der Waals surface area contributed by atoms with Gasteiger partial charge < -0.3 is 10.6 Å². The summed E-state index contributed by atoms with van der Waals surface area (Å²) in [6.07, 6.45) is 3.87. The number of sulfonamides is 1. The molecule has 1 aliphatic heterocycles. The highest BCUT2D eigenvalue weighted by Crippen LogP contribution is 2.27. The zero-order valence-electron chi connectivity index (χ0n) is 13.9. The molecule has 138 valence electrons. The molecule has 0 bridgehead atoms. The molecule has 6 nitrogen and oxygen atoms in total. The Morgan fingerprint density at radius 1 is 1.21 bits per heavy atom. The van der Waals surface area contributed by atoms with Gasteiger partial charge in [0.2, 0.25) is 10.0 Å². The van der Waals surface area contributed by atoms with Crippen LogP contribution in [0.15, 0.2) is 16.3 Å². The zero-order valence-corrected chi connectivity index (χ0v) is 16.4. The number of hydrogen-bond donors (Lipinski definition) is 2. The Balaban J connectivity index is 0.00000288. The number of carbonyl (C=O) groups is 1. The van der Waals surface area contributed by atoms with Crippen molar-refractivity contribution in [1.82, 2.24) is 14.9 Å². The van der Waals surface area contributed by atoms with Crippen molar-refractivity contribution in [3.05, 3.63) is 16.3 Å². The van der Waals surface area contributed by atoms with Gasteiger partial charge in [-0.3, -0.25) is 4.79 Å². The molecule has 24 heavy (non-hydrogen) atoms. The summed E-state index contributed by atoms with van der Waals surface area (Å²) in [5.41, 5.74) is 0. The smallest absolute Gasteiger partial charge is 0.262 e. The Labute approximate surface area is 154 Å². The van der Waals surface area contributed by atoms with Crippen LogP contribution in [-0.4, -0.2) is 51.4 Å². The van der Waals surface area contributed by atoms with Crippen LogP contribution in [0.1, 0.15) is 42.3 Å². The van der Waals surface area contributed by atoms with Crippen LogP contribution in [-0.2, 0) is 10.0 Å². The molecule has 1 aliphatic rings. The van der Waals surface area contributed by atoms with E-state index in [1.807, 2.05) is 0 Å². The second kappa shape index (κ2) is 10.4. The number of amides is 1. The lowest BCUT2D eigenvalue weighted by atomic mass is 10.2. The highest BCUT2D eigenvalue weighted by atomic mass is 35.5. The number of hydrogen-bond acceptors (Lipinski definition) is 5. The van der Waals surface area contributed by atoms with Crippen molar-refractivity contribution in [2.75, 3.05) is 32.7 Å². The van der Waals surface area contributed by atoms with Crippen LogP contribution in [0.25, 0.3) is 0 Å². The lowest BCUT2D eigenvalue weighted by Gasteiger charge is -2.25. The summed E-state index contributed by atoms with van der Waals surface area (Å²) in [6.45, 7) is 5.23. The summed E-state index contributed by atoms with van der Waals surface area (Å²) in [6, 6.07) is 1.54. The van der Waals surface area contributed by atoms with Crippen molar-refractivity contribution in [3.8, 4) is 0 Å². The van der Waals surface area contributed by atoms with Crippen molar-refractivity contribution in [3.63, 3.8) is 0 Å². The summed E-state index contributed by atoms with van der Waals surface area (Å²) in [5.74, 6) is -0.311. The highest BCUT2D eigenvalue weighted by molar-refractivity contribution is 7.89. The van der Waals surface area contributed by atoms with Gasteiger partial charge in [-0.25, -0.2) is 8.42 Å². The SMILES string of the molecule is CCCNCCNC(=O)c1sccc1S(=O)(=O)N1CCCCC1.Cl. The Morgan fingerprint density at radius 2 is 1.92 bits per heavy atom. The molecule has 9 heteroatoms. The van der Waals surface area contributed by atoms with Crippen molar-refractivity contribution in [1.29, 1.82) is 0 Å². The molecule has 0 spiro atoms. The maximum atomic E-state index is 12.7. The number of nitrogens with zero attached hydrogens (tertiary/aromatic N) is 1. The van der Waals surface area contributed by atoms with E-state index in [-0.39, 0.29) is 28.1 Å². The van der Waals surface area contributed by atoms with Crippen LogP contribution in [0.4, 0.5) is 0 Å². The van der Waals surface area contributed by atoms with E-state index < -0.39 is 10.0 Å². The van der Waals surface area contributed by atoms with Gasteiger partial charge in [0.15, 0.2) is 0 Å². The number of nitrogens with one attached hydrogen (secondary N) is 2. The number of halogens is 1. The van der Waals surface area contributed by atoms with Crippen LogP contribution in [0.5, 0.6) is 0 Å². The van der Waals surface area contributed by atoms with Gasteiger partial charge in [0.1, 0.15) is 9.77 Å². The van der Waals surface area contributed by atoms with E-state index in [4.69, 9.17) is 0 Å². The summed E-state index contributed by atoms with van der Waals surface area (Å²) < 4.78 is 27.0. The van der Waals surface area contributed by atoms with Crippen molar-refractivity contribution < 1.29 is 13.2 Å². The molecular weight excluding hydrogens is 370 g/mol. The molecule has 2 rings (SSSR count). The second-order valence-electron chi connectivity index (χ2n) is 5.58. The van der Waals surface area contributed by atoms with Crippen LogP contribution >= 0.6 is 23.7 Å². The van der Waals surface area contributed by atoms with Gasteiger partial charge in [-0.15, -0.1) is 23.7 Å². The molecular formula is C15H26ClN3O3S2. The van der Waals surface area contributed by atoms with E-state index >= 15 is 0 Å². The highest BCUT2D eigenvalue weighted by Gasteiger charge is 2.30. The fourth-order valence-electron chi connectivity index (χ4n) is 2.56.